The van der Waals surface area contributed by atoms with Crippen LogP contribution in [0.5, 0.6) is 5.75 Å². The van der Waals surface area contributed by atoms with Crippen LogP contribution in [-0.4, -0.2) is 18.3 Å². The van der Waals surface area contributed by atoms with Crippen LogP contribution in [0.2, 0.25) is 0 Å². The lowest BCUT2D eigenvalue weighted by molar-refractivity contribution is 0.0516. The average Bonchev–Trinajstić information content (AvgIpc) is 3.24. The third-order valence-electron chi connectivity index (χ3n) is 4.78. The Bertz CT molecular complexity index is 1140. The molecule has 0 spiro atoms. The van der Waals surface area contributed by atoms with E-state index in [2.05, 4.69) is 12.1 Å². The Hall–Kier alpha value is -3.86. The minimum absolute atomic E-state index is 0.392. The third-order valence-corrected chi connectivity index (χ3v) is 4.78. The molecular weight excluding hydrogens is 390 g/mol. The quantitative estimate of drug-likeness (QED) is 0.149. The lowest BCUT2D eigenvalue weighted by Crippen LogP contribution is -2.07. The van der Waals surface area contributed by atoms with Gasteiger partial charge in [-0.15, -0.1) is 0 Å². The van der Waals surface area contributed by atoms with E-state index < -0.39 is 5.97 Å². The van der Waals surface area contributed by atoms with Crippen molar-refractivity contribution in [3.05, 3.63) is 102 Å². The van der Waals surface area contributed by atoms with Gasteiger partial charge in [0.05, 0.1) is 12.2 Å². The van der Waals surface area contributed by atoms with Crippen molar-refractivity contribution in [2.75, 3.05) is 6.61 Å². The van der Waals surface area contributed by atoms with Crippen LogP contribution >= 0.6 is 0 Å². The summed E-state index contributed by atoms with van der Waals surface area (Å²) in [4.78, 5) is 17.8. The van der Waals surface area contributed by atoms with Crippen molar-refractivity contribution in [3.63, 3.8) is 0 Å². The minimum atomic E-state index is -0.551. The van der Waals surface area contributed by atoms with Crippen LogP contribution in [-0.2, 0) is 4.84 Å². The molecule has 1 heterocycles. The fourth-order valence-corrected chi connectivity index (χ4v) is 3.10. The number of carbonyl (C=O) groups excluding carboxylic acids is 1. The summed E-state index contributed by atoms with van der Waals surface area (Å²) in [6.45, 7) is 2.76. The van der Waals surface area contributed by atoms with Crippen molar-refractivity contribution in [3.8, 4) is 5.75 Å². The molecule has 0 radical (unpaired) electrons. The summed E-state index contributed by atoms with van der Waals surface area (Å²) in [5.74, 6) is 0.699. The molecule has 5 heteroatoms. The maximum absolute atomic E-state index is 12.6. The normalized spacial score (nSPS) is 11.5. The van der Waals surface area contributed by atoms with Crippen molar-refractivity contribution in [1.82, 2.24) is 0 Å². The monoisotopic (exact) mass is 413 g/mol. The molecule has 0 aliphatic heterocycles. The van der Waals surface area contributed by atoms with Crippen molar-refractivity contribution in [2.45, 2.75) is 19.8 Å². The predicted octanol–water partition coefficient (Wildman–Crippen LogP) is 6.22. The Kier molecular flexibility index (Phi) is 6.43. The van der Waals surface area contributed by atoms with Gasteiger partial charge in [0.2, 0.25) is 0 Å². The maximum atomic E-state index is 12.6. The number of nitrogens with zero attached hydrogens (tertiary/aromatic N) is 1. The van der Waals surface area contributed by atoms with Crippen LogP contribution in [0, 0.1) is 0 Å². The second kappa shape index (κ2) is 9.76. The van der Waals surface area contributed by atoms with Gasteiger partial charge in [0, 0.05) is 10.9 Å². The fraction of sp³-hybridized carbons (Fsp3) is 0.154. The van der Waals surface area contributed by atoms with E-state index in [4.69, 9.17) is 14.0 Å². The number of fused-ring (bicyclic) bond motifs is 1. The number of ether oxygens (including phenoxy) is 1. The minimum Gasteiger partial charge on any atom is -0.494 e. The number of para-hydroxylation sites is 1. The molecule has 0 amide bonds. The molecule has 0 unspecified atom stereocenters. The first-order chi connectivity index (χ1) is 15.2. The molecule has 4 aromatic rings. The Morgan fingerprint density at radius 3 is 2.39 bits per heavy atom. The van der Waals surface area contributed by atoms with Crippen LogP contribution in [0.15, 0.2) is 94.5 Å². The molecule has 5 nitrogen and oxygen atoms in total. The van der Waals surface area contributed by atoms with Gasteiger partial charge in [0.25, 0.3) is 0 Å². The molecule has 0 aliphatic carbocycles. The maximum Gasteiger partial charge on any atom is 0.365 e. The largest absolute Gasteiger partial charge is 0.494 e. The summed E-state index contributed by atoms with van der Waals surface area (Å²) in [5.41, 5.74) is 2.37. The second-order valence-electron chi connectivity index (χ2n) is 7.06. The van der Waals surface area contributed by atoms with Gasteiger partial charge in [-0.2, -0.15) is 0 Å². The van der Waals surface area contributed by atoms with Crippen molar-refractivity contribution >= 4 is 22.7 Å². The number of unbranched alkanes of at least 4 members (excludes halogenated alkanes) is 1. The highest BCUT2D eigenvalue weighted by molar-refractivity contribution is 6.12. The molecule has 0 N–H and O–H groups in total. The Morgan fingerprint density at radius 2 is 1.65 bits per heavy atom. The molecule has 31 heavy (non-hydrogen) atoms. The molecule has 156 valence electrons. The number of carbonyl (C=O) groups is 1. The second-order valence-corrected chi connectivity index (χ2v) is 7.06. The summed E-state index contributed by atoms with van der Waals surface area (Å²) < 4.78 is 11.6. The molecule has 4 rings (SSSR count). The summed E-state index contributed by atoms with van der Waals surface area (Å²) >= 11 is 0. The first-order valence-corrected chi connectivity index (χ1v) is 10.3. The van der Waals surface area contributed by atoms with E-state index in [-0.39, 0.29) is 0 Å². The highest BCUT2D eigenvalue weighted by atomic mass is 16.7. The van der Waals surface area contributed by atoms with E-state index in [1.54, 1.807) is 24.3 Å². The topological polar surface area (TPSA) is 61.0 Å². The van der Waals surface area contributed by atoms with Crippen molar-refractivity contribution in [1.29, 1.82) is 0 Å². The number of hydrogen-bond donors (Lipinski definition) is 0. The van der Waals surface area contributed by atoms with Gasteiger partial charge < -0.3 is 14.0 Å². The van der Waals surface area contributed by atoms with Gasteiger partial charge in [-0.25, -0.2) is 4.79 Å². The molecule has 0 aliphatic rings. The van der Waals surface area contributed by atoms with Gasteiger partial charge in [-0.3, -0.25) is 0 Å². The molecular formula is C26H23NO4. The van der Waals surface area contributed by atoms with Crippen LogP contribution in [0.3, 0.4) is 0 Å². The molecule has 0 saturated heterocycles. The zero-order valence-electron chi connectivity index (χ0n) is 17.3. The predicted molar refractivity (Wildman–Crippen MR) is 121 cm³/mol. The smallest absolute Gasteiger partial charge is 0.365 e. The van der Waals surface area contributed by atoms with Gasteiger partial charge in [0.1, 0.15) is 11.3 Å². The van der Waals surface area contributed by atoms with E-state index in [1.807, 2.05) is 60.7 Å². The molecule has 0 fully saturated rings. The first-order valence-electron chi connectivity index (χ1n) is 10.3. The molecule has 3 aromatic carbocycles. The molecule has 0 atom stereocenters. The summed E-state index contributed by atoms with van der Waals surface area (Å²) in [5, 5.41) is 5.11. The van der Waals surface area contributed by atoms with Crippen LogP contribution in [0.25, 0.3) is 11.0 Å². The molecule has 0 saturated carbocycles. The van der Waals surface area contributed by atoms with Crippen molar-refractivity contribution in [2.24, 2.45) is 5.16 Å². The van der Waals surface area contributed by atoms with Gasteiger partial charge in [-0.05, 0) is 42.8 Å². The van der Waals surface area contributed by atoms with Gasteiger partial charge in [-0.1, -0.05) is 67.0 Å². The highest BCUT2D eigenvalue weighted by Gasteiger charge is 2.15. The lowest BCUT2D eigenvalue weighted by atomic mass is 10.1. The number of rotatable bonds is 8. The van der Waals surface area contributed by atoms with Crippen LogP contribution in [0.1, 0.15) is 41.4 Å². The van der Waals surface area contributed by atoms with Crippen LogP contribution < -0.4 is 4.74 Å². The number of hydrogen-bond acceptors (Lipinski definition) is 5. The van der Waals surface area contributed by atoms with Gasteiger partial charge >= 0.3 is 5.97 Å². The number of furan rings is 1. The van der Waals surface area contributed by atoms with Crippen molar-refractivity contribution < 1.29 is 18.8 Å². The van der Waals surface area contributed by atoms with E-state index in [9.17, 15) is 4.79 Å². The standard InChI is InChI=1S/C26H23NO4/c1-2-3-17-29-22-15-13-20(14-16-22)26(28)31-27-25(19-9-5-4-6-10-19)24-18-21-11-7-8-12-23(21)30-24/h4-16,18H,2-3,17H2,1H3/b27-25-. The summed E-state index contributed by atoms with van der Waals surface area (Å²) in [6, 6.07) is 25.9. The number of benzene rings is 3. The van der Waals surface area contributed by atoms with Gasteiger partial charge in [0.15, 0.2) is 11.5 Å². The Labute approximate surface area is 180 Å². The van der Waals surface area contributed by atoms with E-state index in [0.29, 0.717) is 23.6 Å². The summed E-state index contributed by atoms with van der Waals surface area (Å²) in [7, 11) is 0. The average molecular weight is 413 g/mol. The first kappa shape index (κ1) is 20.4. The number of oxime groups is 1. The lowest BCUT2D eigenvalue weighted by Gasteiger charge is -2.06. The molecule has 0 bridgehead atoms. The van der Waals surface area contributed by atoms with E-state index >= 15 is 0 Å². The Morgan fingerprint density at radius 1 is 0.903 bits per heavy atom. The Balaban J connectivity index is 1.56. The third kappa shape index (κ3) is 5.01. The fourth-order valence-electron chi connectivity index (χ4n) is 3.10. The van der Waals surface area contributed by atoms with Crippen LogP contribution in [0.4, 0.5) is 0 Å². The summed E-state index contributed by atoms with van der Waals surface area (Å²) in [6.07, 6.45) is 2.06. The zero-order chi connectivity index (χ0) is 21.5. The molecule has 1 aromatic heterocycles. The van der Waals surface area contributed by atoms with E-state index in [1.165, 1.54) is 0 Å². The SMILES string of the molecule is CCCCOc1ccc(C(=O)O/N=C(/c2ccccc2)c2cc3ccccc3o2)cc1. The van der Waals surface area contributed by atoms with E-state index in [0.717, 1.165) is 35.1 Å². The highest BCUT2D eigenvalue weighted by Crippen LogP contribution is 2.22. The zero-order valence-corrected chi connectivity index (χ0v) is 17.3.